The Morgan fingerprint density at radius 3 is 1.57 bits per heavy atom. The predicted molar refractivity (Wildman–Crippen MR) is 310 cm³/mol. The molecular formula is C69H41N5O2. The summed E-state index contributed by atoms with van der Waals surface area (Å²) in [5.74, 6) is 1.66. The van der Waals surface area contributed by atoms with E-state index in [4.69, 9.17) is 23.8 Å². The van der Waals surface area contributed by atoms with Crippen molar-refractivity contribution < 1.29 is 8.83 Å². The van der Waals surface area contributed by atoms with Crippen LogP contribution >= 0.6 is 0 Å². The number of hydrogen-bond acceptors (Lipinski definition) is 5. The Labute approximate surface area is 434 Å². The highest BCUT2D eigenvalue weighted by molar-refractivity contribution is 6.17. The largest absolute Gasteiger partial charge is 0.456 e. The summed E-state index contributed by atoms with van der Waals surface area (Å²) in [5.41, 5.74) is 16.8. The lowest BCUT2D eigenvalue weighted by molar-refractivity contribution is 0.668. The highest BCUT2D eigenvalue weighted by atomic mass is 16.3. The number of furan rings is 2. The lowest BCUT2D eigenvalue weighted by atomic mass is 9.98. The summed E-state index contributed by atoms with van der Waals surface area (Å²) < 4.78 is 17.8. The predicted octanol–water partition coefficient (Wildman–Crippen LogP) is 18.2. The van der Waals surface area contributed by atoms with Crippen LogP contribution in [0.4, 0.5) is 0 Å². The molecule has 0 saturated heterocycles. The fourth-order valence-corrected chi connectivity index (χ4v) is 11.8. The SMILES string of the molecule is c1ccc(-n2c3ccccc3c3cccc(-c4ccc5oc6cccc(-c7nc(-c8cccc(-c9ccc%10c(c9)oc9ccccc9%10)c8)nc(-c8cccc(-n9c%10ccccc%10c%10ccccc%109)c8)n7)c6c5c4)c32)cc1. The van der Waals surface area contributed by atoms with Gasteiger partial charge in [0.2, 0.25) is 0 Å². The Morgan fingerprint density at radius 2 is 0.776 bits per heavy atom. The second-order valence-corrected chi connectivity index (χ2v) is 19.5. The van der Waals surface area contributed by atoms with Gasteiger partial charge in [-0.15, -0.1) is 0 Å². The minimum Gasteiger partial charge on any atom is -0.456 e. The lowest BCUT2D eigenvalue weighted by Gasteiger charge is -2.13. The van der Waals surface area contributed by atoms with Crippen LogP contribution in [0.5, 0.6) is 0 Å². The molecule has 16 aromatic rings. The van der Waals surface area contributed by atoms with Gasteiger partial charge in [0.1, 0.15) is 22.3 Å². The molecule has 7 nitrogen and oxygen atoms in total. The number of para-hydroxylation sites is 6. The second-order valence-electron chi connectivity index (χ2n) is 19.5. The molecule has 0 fully saturated rings. The van der Waals surface area contributed by atoms with Crippen LogP contribution in [0.25, 0.3) is 155 Å². The fourth-order valence-electron chi connectivity index (χ4n) is 11.8. The van der Waals surface area contributed by atoms with Crippen LogP contribution in [0.15, 0.2) is 258 Å². The monoisotopic (exact) mass is 971 g/mol. The normalized spacial score (nSPS) is 11.9. The molecule has 0 bridgehead atoms. The number of benzene rings is 11. The van der Waals surface area contributed by atoms with Gasteiger partial charge in [0, 0.05) is 76.7 Å². The molecule has 16 rings (SSSR count). The molecule has 0 atom stereocenters. The van der Waals surface area contributed by atoms with E-state index in [0.29, 0.717) is 17.5 Å². The third-order valence-corrected chi connectivity index (χ3v) is 15.2. The minimum atomic E-state index is 0.543. The van der Waals surface area contributed by atoms with E-state index in [-0.39, 0.29) is 0 Å². The van der Waals surface area contributed by atoms with Gasteiger partial charge >= 0.3 is 0 Å². The van der Waals surface area contributed by atoms with E-state index >= 15 is 0 Å². The Kier molecular flexibility index (Phi) is 9.20. The number of aromatic nitrogens is 5. The van der Waals surface area contributed by atoms with Gasteiger partial charge in [0.25, 0.3) is 0 Å². The fraction of sp³-hybridized carbons (Fsp3) is 0. The van der Waals surface area contributed by atoms with Crippen molar-refractivity contribution in [3.8, 4) is 67.8 Å². The van der Waals surface area contributed by atoms with Gasteiger partial charge in [-0.05, 0) is 102 Å². The van der Waals surface area contributed by atoms with Crippen molar-refractivity contribution in [1.82, 2.24) is 24.1 Å². The van der Waals surface area contributed by atoms with E-state index in [9.17, 15) is 0 Å². The van der Waals surface area contributed by atoms with E-state index in [2.05, 4.69) is 228 Å². The first-order valence-corrected chi connectivity index (χ1v) is 25.6. The summed E-state index contributed by atoms with van der Waals surface area (Å²) in [6.45, 7) is 0. The van der Waals surface area contributed by atoms with Crippen LogP contribution in [0.3, 0.4) is 0 Å². The molecule has 0 spiro atoms. The van der Waals surface area contributed by atoms with Gasteiger partial charge in [-0.25, -0.2) is 15.0 Å². The topological polar surface area (TPSA) is 74.8 Å². The van der Waals surface area contributed by atoms with Gasteiger partial charge in [-0.3, -0.25) is 0 Å². The first kappa shape index (κ1) is 42.2. The smallest absolute Gasteiger partial charge is 0.164 e. The lowest BCUT2D eigenvalue weighted by Crippen LogP contribution is -2.01. The van der Waals surface area contributed by atoms with Crippen molar-refractivity contribution in [2.45, 2.75) is 0 Å². The molecule has 5 aromatic heterocycles. The van der Waals surface area contributed by atoms with Crippen LogP contribution in [-0.2, 0) is 0 Å². The Bertz CT molecular complexity index is 4970. The quantitative estimate of drug-likeness (QED) is 0.159. The molecule has 0 unspecified atom stereocenters. The molecule has 0 saturated carbocycles. The van der Waals surface area contributed by atoms with Crippen molar-refractivity contribution in [1.29, 1.82) is 0 Å². The molecular weight excluding hydrogens is 931 g/mol. The molecule has 76 heavy (non-hydrogen) atoms. The van der Waals surface area contributed by atoms with E-state index in [1.807, 2.05) is 30.3 Å². The molecule has 0 aliphatic rings. The highest BCUT2D eigenvalue weighted by Gasteiger charge is 2.22. The van der Waals surface area contributed by atoms with Crippen molar-refractivity contribution in [2.75, 3.05) is 0 Å². The maximum Gasteiger partial charge on any atom is 0.164 e. The van der Waals surface area contributed by atoms with E-state index in [1.165, 1.54) is 21.5 Å². The number of rotatable bonds is 7. The zero-order chi connectivity index (χ0) is 49.8. The molecule has 5 heterocycles. The van der Waals surface area contributed by atoms with Crippen molar-refractivity contribution in [3.05, 3.63) is 249 Å². The molecule has 0 aliphatic carbocycles. The van der Waals surface area contributed by atoms with Gasteiger partial charge in [0.05, 0.1) is 22.1 Å². The first-order chi connectivity index (χ1) is 37.7. The maximum atomic E-state index is 6.72. The third kappa shape index (κ3) is 6.52. The summed E-state index contributed by atoms with van der Waals surface area (Å²) >= 11 is 0. The van der Waals surface area contributed by atoms with Gasteiger partial charge in [-0.1, -0.05) is 164 Å². The van der Waals surface area contributed by atoms with Crippen molar-refractivity contribution in [3.63, 3.8) is 0 Å². The average molecular weight is 972 g/mol. The van der Waals surface area contributed by atoms with Crippen LogP contribution in [0.1, 0.15) is 0 Å². The van der Waals surface area contributed by atoms with Crippen molar-refractivity contribution >= 4 is 87.5 Å². The summed E-state index contributed by atoms with van der Waals surface area (Å²) in [4.78, 5) is 16.2. The summed E-state index contributed by atoms with van der Waals surface area (Å²) in [6.07, 6.45) is 0. The van der Waals surface area contributed by atoms with Gasteiger partial charge in [0.15, 0.2) is 17.5 Å². The average Bonchev–Trinajstić information content (AvgIpc) is 4.31. The van der Waals surface area contributed by atoms with Crippen molar-refractivity contribution in [2.24, 2.45) is 0 Å². The molecule has 11 aromatic carbocycles. The van der Waals surface area contributed by atoms with E-state index in [0.717, 1.165) is 116 Å². The molecule has 0 N–H and O–H groups in total. The summed E-state index contributed by atoms with van der Waals surface area (Å²) in [6, 6.07) is 87.4. The van der Waals surface area contributed by atoms with E-state index in [1.54, 1.807) is 0 Å². The molecule has 0 amide bonds. The van der Waals surface area contributed by atoms with Crippen LogP contribution in [-0.4, -0.2) is 24.1 Å². The second kappa shape index (κ2) is 16.6. The Hall–Kier alpha value is -10.4. The molecule has 0 radical (unpaired) electrons. The summed E-state index contributed by atoms with van der Waals surface area (Å²) in [7, 11) is 0. The molecule has 7 heteroatoms. The minimum absolute atomic E-state index is 0.543. The van der Waals surface area contributed by atoms with Gasteiger partial charge in [-0.2, -0.15) is 0 Å². The Balaban J connectivity index is 0.895. The zero-order valence-electron chi connectivity index (χ0n) is 40.7. The number of hydrogen-bond donors (Lipinski definition) is 0. The standard InChI is InChI=1S/C69H41N5O2/c1-2-19-47(20-3-1)74-60-31-10-6-24-52(60)55-27-14-26-49(66(55)74)44-35-37-62-57(40-44)65-56(28-15-33-63(65)75-62)69-71-67(45-17-12-16-42(38-45)43-34-36-54-53-25-7-11-32-61(53)76-64(54)41-43)70-68(72-69)46-18-13-21-48(39-46)73-58-29-8-4-22-50(58)51-23-5-9-30-59(51)73/h1-41H. The zero-order valence-corrected chi connectivity index (χ0v) is 40.7. The summed E-state index contributed by atoms with van der Waals surface area (Å²) in [5, 5.41) is 8.91. The number of fused-ring (bicyclic) bond motifs is 12. The van der Waals surface area contributed by atoms with Crippen LogP contribution < -0.4 is 0 Å². The number of nitrogens with zero attached hydrogens (tertiary/aromatic N) is 5. The van der Waals surface area contributed by atoms with E-state index < -0.39 is 0 Å². The molecule has 0 aliphatic heterocycles. The van der Waals surface area contributed by atoms with Crippen LogP contribution in [0.2, 0.25) is 0 Å². The van der Waals surface area contributed by atoms with Crippen LogP contribution in [0, 0.1) is 0 Å². The first-order valence-electron chi connectivity index (χ1n) is 25.6. The third-order valence-electron chi connectivity index (χ3n) is 15.2. The van der Waals surface area contributed by atoms with Gasteiger partial charge < -0.3 is 18.0 Å². The maximum absolute atomic E-state index is 6.72. The highest BCUT2D eigenvalue weighted by Crippen LogP contribution is 2.43. The Morgan fingerprint density at radius 1 is 0.263 bits per heavy atom. The molecule has 354 valence electrons.